The molecule has 1 aliphatic rings. The predicted octanol–water partition coefficient (Wildman–Crippen LogP) is 2.21. The van der Waals surface area contributed by atoms with Gasteiger partial charge in [0.1, 0.15) is 5.60 Å². The van der Waals surface area contributed by atoms with Crippen molar-refractivity contribution in [3.05, 3.63) is 35.4 Å². The van der Waals surface area contributed by atoms with Crippen molar-refractivity contribution in [2.75, 3.05) is 39.3 Å². The Labute approximate surface area is 156 Å². The van der Waals surface area contributed by atoms with Gasteiger partial charge < -0.3 is 15.0 Å². The van der Waals surface area contributed by atoms with Crippen molar-refractivity contribution in [1.29, 1.82) is 0 Å². The van der Waals surface area contributed by atoms with Gasteiger partial charge in [-0.25, -0.2) is 4.79 Å². The zero-order chi connectivity index (χ0) is 19.2. The second-order valence-electron chi connectivity index (χ2n) is 7.82. The Morgan fingerprint density at radius 2 is 1.85 bits per heavy atom. The van der Waals surface area contributed by atoms with Gasteiger partial charge in [0.05, 0.1) is 6.42 Å². The summed E-state index contributed by atoms with van der Waals surface area (Å²) in [6.07, 6.45) is 0.164. The molecule has 6 heteroatoms. The van der Waals surface area contributed by atoms with Gasteiger partial charge in [-0.3, -0.25) is 9.69 Å². The van der Waals surface area contributed by atoms with Crippen LogP contribution in [0.2, 0.25) is 0 Å². The number of ether oxygens (including phenoxy) is 1. The number of benzene rings is 1. The summed E-state index contributed by atoms with van der Waals surface area (Å²) in [6, 6.07) is 8.01. The molecule has 0 saturated carbocycles. The lowest BCUT2D eigenvalue weighted by Crippen LogP contribution is -2.51. The fourth-order valence-corrected chi connectivity index (χ4v) is 2.90. The third-order valence-electron chi connectivity index (χ3n) is 4.22. The van der Waals surface area contributed by atoms with Crippen molar-refractivity contribution in [1.82, 2.24) is 15.1 Å². The van der Waals surface area contributed by atoms with E-state index in [0.717, 1.165) is 30.8 Å². The van der Waals surface area contributed by atoms with Gasteiger partial charge in [0.2, 0.25) is 5.91 Å². The molecule has 1 saturated heterocycles. The SMILES string of the molecule is Cc1cccc(CC(=O)NCCN2CCN(C(=O)OC(C)(C)C)CC2)c1. The molecule has 1 aromatic carbocycles. The molecule has 1 N–H and O–H groups in total. The van der Waals surface area contributed by atoms with Crippen molar-refractivity contribution < 1.29 is 14.3 Å². The van der Waals surface area contributed by atoms with E-state index in [4.69, 9.17) is 4.74 Å². The molecule has 1 heterocycles. The van der Waals surface area contributed by atoms with E-state index < -0.39 is 5.60 Å². The fraction of sp³-hybridized carbons (Fsp3) is 0.600. The zero-order valence-corrected chi connectivity index (χ0v) is 16.4. The Hall–Kier alpha value is -2.08. The summed E-state index contributed by atoms with van der Waals surface area (Å²) in [5, 5.41) is 2.98. The van der Waals surface area contributed by atoms with Crippen molar-refractivity contribution in [2.45, 2.75) is 39.7 Å². The number of nitrogens with one attached hydrogen (secondary N) is 1. The second-order valence-corrected chi connectivity index (χ2v) is 7.82. The summed E-state index contributed by atoms with van der Waals surface area (Å²) >= 11 is 0. The Bertz CT molecular complexity index is 617. The molecule has 6 nitrogen and oxygen atoms in total. The minimum Gasteiger partial charge on any atom is -0.444 e. The number of amides is 2. The maximum Gasteiger partial charge on any atom is 0.410 e. The lowest BCUT2D eigenvalue weighted by atomic mass is 10.1. The van der Waals surface area contributed by atoms with E-state index in [1.165, 1.54) is 0 Å². The molecule has 0 aliphatic carbocycles. The molecule has 2 rings (SSSR count). The summed E-state index contributed by atoms with van der Waals surface area (Å²) < 4.78 is 5.40. The van der Waals surface area contributed by atoms with Crippen LogP contribution in [0, 0.1) is 6.92 Å². The first-order valence-corrected chi connectivity index (χ1v) is 9.25. The molecule has 0 unspecified atom stereocenters. The van der Waals surface area contributed by atoms with E-state index in [1.807, 2.05) is 52.0 Å². The number of hydrogen-bond donors (Lipinski definition) is 1. The normalized spacial score (nSPS) is 15.6. The highest BCUT2D eigenvalue weighted by Crippen LogP contribution is 2.11. The van der Waals surface area contributed by atoms with Crippen LogP contribution in [-0.2, 0) is 16.0 Å². The number of hydrogen-bond acceptors (Lipinski definition) is 4. The molecule has 0 spiro atoms. The Morgan fingerprint density at radius 3 is 2.46 bits per heavy atom. The summed E-state index contributed by atoms with van der Waals surface area (Å²) in [6.45, 7) is 12.0. The van der Waals surface area contributed by atoms with E-state index in [-0.39, 0.29) is 12.0 Å². The fourth-order valence-electron chi connectivity index (χ4n) is 2.90. The summed E-state index contributed by atoms with van der Waals surface area (Å²) in [5.41, 5.74) is 1.74. The van der Waals surface area contributed by atoms with Crippen LogP contribution in [0.5, 0.6) is 0 Å². The van der Waals surface area contributed by atoms with Gasteiger partial charge in [0.15, 0.2) is 0 Å². The first-order valence-electron chi connectivity index (χ1n) is 9.25. The molecule has 0 radical (unpaired) electrons. The topological polar surface area (TPSA) is 61.9 Å². The van der Waals surface area contributed by atoms with Gasteiger partial charge in [-0.15, -0.1) is 0 Å². The van der Waals surface area contributed by atoms with E-state index in [0.29, 0.717) is 26.1 Å². The molecule has 0 atom stereocenters. The molecule has 1 aromatic rings. The quantitative estimate of drug-likeness (QED) is 0.873. The van der Waals surface area contributed by atoms with Crippen LogP contribution in [0.1, 0.15) is 31.9 Å². The third kappa shape index (κ3) is 7.04. The monoisotopic (exact) mass is 361 g/mol. The van der Waals surface area contributed by atoms with Gasteiger partial charge in [-0.05, 0) is 33.3 Å². The summed E-state index contributed by atoms with van der Waals surface area (Å²) in [4.78, 5) is 28.1. The smallest absolute Gasteiger partial charge is 0.410 e. The molecule has 1 fully saturated rings. The van der Waals surface area contributed by atoms with E-state index >= 15 is 0 Å². The largest absolute Gasteiger partial charge is 0.444 e. The molecule has 1 aliphatic heterocycles. The Balaban J connectivity index is 1.64. The first kappa shape index (κ1) is 20.2. The van der Waals surface area contributed by atoms with Crippen LogP contribution in [0.25, 0.3) is 0 Å². The number of carbonyl (C=O) groups excluding carboxylic acids is 2. The van der Waals surface area contributed by atoms with Crippen molar-refractivity contribution in [3.63, 3.8) is 0 Å². The molecule has 0 aromatic heterocycles. The molecular formula is C20H31N3O3. The summed E-state index contributed by atoms with van der Waals surface area (Å²) in [7, 11) is 0. The number of carbonyl (C=O) groups is 2. The van der Waals surface area contributed by atoms with Crippen molar-refractivity contribution in [3.8, 4) is 0 Å². The molecule has 2 amide bonds. The maximum atomic E-state index is 12.0. The Morgan fingerprint density at radius 1 is 1.15 bits per heavy atom. The van der Waals surface area contributed by atoms with Crippen LogP contribution in [0.4, 0.5) is 4.79 Å². The van der Waals surface area contributed by atoms with E-state index in [1.54, 1.807) is 4.90 Å². The minimum absolute atomic E-state index is 0.0444. The van der Waals surface area contributed by atoms with Crippen molar-refractivity contribution in [2.24, 2.45) is 0 Å². The number of rotatable bonds is 5. The highest BCUT2D eigenvalue weighted by molar-refractivity contribution is 5.78. The first-order chi connectivity index (χ1) is 12.2. The lowest BCUT2D eigenvalue weighted by molar-refractivity contribution is -0.120. The minimum atomic E-state index is -0.463. The number of piperazine rings is 1. The van der Waals surface area contributed by atoms with Crippen LogP contribution >= 0.6 is 0 Å². The van der Waals surface area contributed by atoms with Crippen LogP contribution in [0.15, 0.2) is 24.3 Å². The lowest BCUT2D eigenvalue weighted by Gasteiger charge is -2.35. The van der Waals surface area contributed by atoms with Gasteiger partial charge in [0, 0.05) is 39.3 Å². The molecular weight excluding hydrogens is 330 g/mol. The Kier molecular flexibility index (Phi) is 7.03. The van der Waals surface area contributed by atoms with Crippen LogP contribution in [-0.4, -0.2) is 66.7 Å². The third-order valence-corrected chi connectivity index (χ3v) is 4.22. The standard InChI is InChI=1S/C20H31N3O3/c1-16-6-5-7-17(14-16)15-18(24)21-8-9-22-10-12-23(13-11-22)19(25)26-20(2,3)4/h5-7,14H,8-13,15H2,1-4H3,(H,21,24). The second kappa shape index (κ2) is 9.03. The highest BCUT2D eigenvalue weighted by Gasteiger charge is 2.25. The highest BCUT2D eigenvalue weighted by atomic mass is 16.6. The van der Waals surface area contributed by atoms with Crippen molar-refractivity contribution >= 4 is 12.0 Å². The number of nitrogens with zero attached hydrogens (tertiary/aromatic N) is 2. The molecule has 26 heavy (non-hydrogen) atoms. The average molecular weight is 361 g/mol. The van der Waals surface area contributed by atoms with Crippen LogP contribution in [0.3, 0.4) is 0 Å². The molecule has 144 valence electrons. The summed E-state index contributed by atoms with van der Waals surface area (Å²) in [5.74, 6) is 0.0444. The predicted molar refractivity (Wildman–Crippen MR) is 102 cm³/mol. The van der Waals surface area contributed by atoms with Gasteiger partial charge in [-0.2, -0.15) is 0 Å². The van der Waals surface area contributed by atoms with Crippen LogP contribution < -0.4 is 5.32 Å². The zero-order valence-electron chi connectivity index (χ0n) is 16.4. The van der Waals surface area contributed by atoms with Gasteiger partial charge in [0.25, 0.3) is 0 Å². The molecule has 0 bridgehead atoms. The van der Waals surface area contributed by atoms with E-state index in [2.05, 4.69) is 10.2 Å². The van der Waals surface area contributed by atoms with E-state index in [9.17, 15) is 9.59 Å². The maximum absolute atomic E-state index is 12.0. The number of aryl methyl sites for hydroxylation is 1. The van der Waals surface area contributed by atoms with Gasteiger partial charge in [-0.1, -0.05) is 29.8 Å². The van der Waals surface area contributed by atoms with Gasteiger partial charge >= 0.3 is 6.09 Å². The average Bonchev–Trinajstić information content (AvgIpc) is 2.54.